The number of nitro groups is 1. The Hall–Kier alpha value is -3.99. The molecule has 0 radical (unpaired) electrons. The van der Waals surface area contributed by atoms with Crippen LogP contribution >= 0.6 is 0 Å². The molecule has 1 aliphatic heterocycles. The number of rotatable bonds is 4. The van der Waals surface area contributed by atoms with E-state index >= 15 is 0 Å². The van der Waals surface area contributed by atoms with Crippen molar-refractivity contribution >= 4 is 23.1 Å². The first-order chi connectivity index (χ1) is 13.0. The van der Waals surface area contributed by atoms with E-state index in [-0.39, 0.29) is 23.4 Å². The molecule has 8 nitrogen and oxygen atoms in total. The summed E-state index contributed by atoms with van der Waals surface area (Å²) in [6.45, 7) is -0.318. The molecule has 2 aromatic carbocycles. The second-order valence-corrected chi connectivity index (χ2v) is 5.80. The lowest BCUT2D eigenvalue weighted by Crippen LogP contribution is -2.29. The molecule has 1 fully saturated rings. The predicted octanol–water partition coefficient (Wildman–Crippen LogP) is 2.54. The summed E-state index contributed by atoms with van der Waals surface area (Å²) in [4.78, 5) is 36.2. The summed E-state index contributed by atoms with van der Waals surface area (Å²) in [5.74, 6) is -2.23. The van der Waals surface area contributed by atoms with E-state index in [0.29, 0.717) is 5.56 Å². The van der Waals surface area contributed by atoms with Crippen molar-refractivity contribution in [1.29, 1.82) is 5.26 Å². The maximum absolute atomic E-state index is 12.5. The fourth-order valence-corrected chi connectivity index (χ4v) is 3.00. The molecule has 1 heterocycles. The number of Topliss-reactive ketones (excluding diaryl/α,β-unsaturated/α-hetero) is 1. The second kappa shape index (κ2) is 7.09. The highest BCUT2D eigenvalue weighted by atomic mass is 16.6. The third-order valence-corrected chi connectivity index (χ3v) is 4.25. The van der Waals surface area contributed by atoms with Gasteiger partial charge in [0.2, 0.25) is 0 Å². The minimum atomic E-state index is -0.916. The van der Waals surface area contributed by atoms with E-state index in [1.54, 1.807) is 30.3 Å². The molecular weight excluding hydrogens is 350 g/mol. The number of non-ortho nitro benzene ring substituents is 1. The lowest BCUT2D eigenvalue weighted by atomic mass is 9.95. The van der Waals surface area contributed by atoms with Gasteiger partial charge in [0.25, 0.3) is 17.4 Å². The fourth-order valence-electron chi connectivity index (χ4n) is 3.00. The largest absolute Gasteiger partial charge is 0.507 e. The van der Waals surface area contributed by atoms with E-state index < -0.39 is 28.4 Å². The van der Waals surface area contributed by atoms with Gasteiger partial charge in [0.1, 0.15) is 12.3 Å². The number of carbonyl (C=O) groups is 2. The average Bonchev–Trinajstić information content (AvgIpc) is 2.93. The van der Waals surface area contributed by atoms with Crippen LogP contribution in [0.25, 0.3) is 5.76 Å². The molecule has 8 heteroatoms. The van der Waals surface area contributed by atoms with Gasteiger partial charge in [-0.1, -0.05) is 30.3 Å². The zero-order valence-electron chi connectivity index (χ0n) is 13.9. The molecule has 27 heavy (non-hydrogen) atoms. The third kappa shape index (κ3) is 3.14. The van der Waals surface area contributed by atoms with Crippen LogP contribution in [0, 0.1) is 21.4 Å². The number of aliphatic hydroxyl groups is 1. The van der Waals surface area contributed by atoms with E-state index in [2.05, 4.69) is 0 Å². The van der Waals surface area contributed by atoms with Crippen LogP contribution in [0.4, 0.5) is 5.69 Å². The smallest absolute Gasteiger partial charge is 0.296 e. The minimum absolute atomic E-state index is 0.157. The molecule has 1 amide bonds. The summed E-state index contributed by atoms with van der Waals surface area (Å²) in [7, 11) is 0. The Kier molecular flexibility index (Phi) is 4.68. The third-order valence-electron chi connectivity index (χ3n) is 4.25. The Labute approximate surface area is 153 Å². The van der Waals surface area contributed by atoms with Gasteiger partial charge in [-0.3, -0.25) is 19.7 Å². The van der Waals surface area contributed by atoms with Crippen LogP contribution in [-0.2, 0) is 9.59 Å². The molecule has 0 bridgehead atoms. The SMILES string of the molecule is N#CCN1C(=O)C(=O)/C(=C(/O)c2ccc([N+](=O)[O-])cc2)C1c1ccccc1. The second-order valence-electron chi connectivity index (χ2n) is 5.80. The Morgan fingerprint density at radius 3 is 2.33 bits per heavy atom. The van der Waals surface area contributed by atoms with Crippen LogP contribution in [-0.4, -0.2) is 33.2 Å². The topological polar surface area (TPSA) is 125 Å². The molecular formula is C19H13N3O5. The van der Waals surface area contributed by atoms with Gasteiger partial charge in [-0.25, -0.2) is 0 Å². The van der Waals surface area contributed by atoms with Crippen molar-refractivity contribution in [1.82, 2.24) is 4.90 Å². The first-order valence-electron chi connectivity index (χ1n) is 7.91. The minimum Gasteiger partial charge on any atom is -0.507 e. The highest BCUT2D eigenvalue weighted by Crippen LogP contribution is 2.39. The number of likely N-dealkylation sites (tertiary alicyclic amines) is 1. The lowest BCUT2D eigenvalue weighted by Gasteiger charge is -2.22. The molecule has 0 aliphatic carbocycles. The van der Waals surface area contributed by atoms with Gasteiger partial charge in [0, 0.05) is 17.7 Å². The highest BCUT2D eigenvalue weighted by molar-refractivity contribution is 6.46. The normalized spacial score (nSPS) is 18.3. The number of carbonyl (C=O) groups excluding carboxylic acids is 2. The monoisotopic (exact) mass is 363 g/mol. The van der Waals surface area contributed by atoms with Crippen molar-refractivity contribution in [2.45, 2.75) is 6.04 Å². The van der Waals surface area contributed by atoms with Crippen LogP contribution in [0.2, 0.25) is 0 Å². The number of amides is 1. The molecule has 0 aromatic heterocycles. The molecule has 2 aromatic rings. The van der Waals surface area contributed by atoms with Crippen LogP contribution in [0.1, 0.15) is 17.2 Å². The molecule has 1 aliphatic rings. The van der Waals surface area contributed by atoms with Crippen LogP contribution in [0.3, 0.4) is 0 Å². The number of benzene rings is 2. The van der Waals surface area contributed by atoms with Gasteiger partial charge in [0.15, 0.2) is 0 Å². The zero-order chi connectivity index (χ0) is 19.6. The molecule has 0 spiro atoms. The van der Waals surface area contributed by atoms with E-state index in [4.69, 9.17) is 5.26 Å². The van der Waals surface area contributed by atoms with Crippen molar-refractivity contribution in [3.63, 3.8) is 0 Å². The maximum Gasteiger partial charge on any atom is 0.296 e. The zero-order valence-corrected chi connectivity index (χ0v) is 13.9. The van der Waals surface area contributed by atoms with Gasteiger partial charge < -0.3 is 10.0 Å². The van der Waals surface area contributed by atoms with Gasteiger partial charge in [0.05, 0.1) is 22.6 Å². The predicted molar refractivity (Wildman–Crippen MR) is 94.2 cm³/mol. The summed E-state index contributed by atoms with van der Waals surface area (Å²) in [5, 5.41) is 30.5. The van der Waals surface area contributed by atoms with Gasteiger partial charge >= 0.3 is 0 Å². The van der Waals surface area contributed by atoms with E-state index in [0.717, 1.165) is 4.90 Å². The quantitative estimate of drug-likeness (QED) is 0.222. The number of nitriles is 1. The standard InChI is InChI=1S/C19H13N3O5/c20-10-11-21-16(12-4-2-1-3-5-12)15(18(24)19(21)25)17(23)13-6-8-14(9-7-13)22(26)27/h1-9,16,23H,11H2/b17-15+. The Bertz CT molecular complexity index is 990. The van der Waals surface area contributed by atoms with Crippen molar-refractivity contribution in [3.05, 3.63) is 81.4 Å². The number of ketones is 1. The number of nitro benzene ring substituents is 1. The van der Waals surface area contributed by atoms with Crippen LogP contribution in [0.5, 0.6) is 0 Å². The Morgan fingerprint density at radius 1 is 1.15 bits per heavy atom. The Balaban J connectivity index is 2.16. The number of hydrogen-bond donors (Lipinski definition) is 1. The molecule has 1 unspecified atom stereocenters. The van der Waals surface area contributed by atoms with Crippen LogP contribution in [0.15, 0.2) is 60.2 Å². The van der Waals surface area contributed by atoms with E-state index in [1.807, 2.05) is 6.07 Å². The summed E-state index contributed by atoms with van der Waals surface area (Å²) in [6.07, 6.45) is 0. The van der Waals surface area contributed by atoms with Crippen molar-refractivity contribution in [2.75, 3.05) is 6.54 Å². The van der Waals surface area contributed by atoms with Crippen molar-refractivity contribution < 1.29 is 19.6 Å². The molecule has 0 saturated carbocycles. The van der Waals surface area contributed by atoms with Crippen LogP contribution < -0.4 is 0 Å². The lowest BCUT2D eigenvalue weighted by molar-refractivity contribution is -0.384. The maximum atomic E-state index is 12.5. The number of aliphatic hydroxyl groups excluding tert-OH is 1. The molecule has 1 saturated heterocycles. The first-order valence-corrected chi connectivity index (χ1v) is 7.91. The summed E-state index contributed by atoms with van der Waals surface area (Å²) in [5.41, 5.74) is 0.401. The summed E-state index contributed by atoms with van der Waals surface area (Å²) in [6, 6.07) is 14.5. The fraction of sp³-hybridized carbons (Fsp3) is 0.105. The highest BCUT2D eigenvalue weighted by Gasteiger charge is 2.45. The van der Waals surface area contributed by atoms with Gasteiger partial charge in [-0.05, 0) is 17.7 Å². The average molecular weight is 363 g/mol. The molecule has 134 valence electrons. The van der Waals surface area contributed by atoms with E-state index in [9.17, 15) is 24.8 Å². The molecule has 3 rings (SSSR count). The van der Waals surface area contributed by atoms with Gasteiger partial charge in [-0.2, -0.15) is 5.26 Å². The number of hydrogen-bond acceptors (Lipinski definition) is 6. The van der Waals surface area contributed by atoms with E-state index in [1.165, 1.54) is 24.3 Å². The first kappa shape index (κ1) is 17.8. The summed E-state index contributed by atoms with van der Waals surface area (Å²) < 4.78 is 0. The molecule has 1 N–H and O–H groups in total. The van der Waals surface area contributed by atoms with Gasteiger partial charge in [-0.15, -0.1) is 0 Å². The Morgan fingerprint density at radius 2 is 1.78 bits per heavy atom. The van der Waals surface area contributed by atoms with Crippen molar-refractivity contribution in [3.8, 4) is 6.07 Å². The van der Waals surface area contributed by atoms with Crippen molar-refractivity contribution in [2.24, 2.45) is 0 Å². The number of nitrogens with zero attached hydrogens (tertiary/aromatic N) is 3. The molecule has 1 atom stereocenters. The summed E-state index contributed by atoms with van der Waals surface area (Å²) >= 11 is 0.